The highest BCUT2D eigenvalue weighted by Gasteiger charge is 2.08. The maximum Gasteiger partial charge on any atom is 0.278 e. The quantitative estimate of drug-likeness (QED) is 0.798. The highest BCUT2D eigenvalue weighted by molar-refractivity contribution is 7.96. The third-order valence-electron chi connectivity index (χ3n) is 2.01. The van der Waals surface area contributed by atoms with Gasteiger partial charge < -0.3 is 9.64 Å². The van der Waals surface area contributed by atoms with Crippen LogP contribution in [0.1, 0.15) is 12.5 Å². The van der Waals surface area contributed by atoms with Crippen molar-refractivity contribution in [3.63, 3.8) is 0 Å². The summed E-state index contributed by atoms with van der Waals surface area (Å²) in [6.45, 7) is 3.07. The number of carbonyl (C=O) groups is 1. The zero-order valence-corrected chi connectivity index (χ0v) is 9.83. The first-order chi connectivity index (χ1) is 7.15. The zero-order valence-electron chi connectivity index (χ0n) is 8.93. The van der Waals surface area contributed by atoms with Gasteiger partial charge in [0.25, 0.3) is 5.24 Å². The van der Waals surface area contributed by atoms with Gasteiger partial charge in [-0.15, -0.1) is 0 Å². The molecule has 1 rings (SSSR count). The average molecular weight is 225 g/mol. The smallest absolute Gasteiger partial charge is 0.278 e. The molecule has 0 aliphatic heterocycles. The molecule has 0 saturated heterocycles. The Morgan fingerprint density at radius 1 is 1.47 bits per heavy atom. The minimum Gasteiger partial charge on any atom is -0.494 e. The molecule has 0 aliphatic rings. The van der Waals surface area contributed by atoms with E-state index < -0.39 is 0 Å². The lowest BCUT2D eigenvalue weighted by atomic mass is 10.2. The Balaban J connectivity index is 2.79. The number of carbonyl (C=O) groups excluding carboxylic acids is 1. The molecule has 0 aliphatic carbocycles. The van der Waals surface area contributed by atoms with Crippen molar-refractivity contribution in [1.29, 1.82) is 0 Å². The van der Waals surface area contributed by atoms with Gasteiger partial charge in [-0.1, -0.05) is 30.8 Å². The van der Waals surface area contributed by atoms with Crippen LogP contribution < -0.4 is 4.74 Å². The number of rotatable bonds is 4. The molecule has 82 valence electrons. The Morgan fingerprint density at radius 3 is 2.73 bits per heavy atom. The van der Waals surface area contributed by atoms with Crippen LogP contribution in [-0.2, 0) is 6.54 Å². The number of amides is 1. The fourth-order valence-electron chi connectivity index (χ4n) is 1.25. The van der Waals surface area contributed by atoms with Gasteiger partial charge in [0.15, 0.2) is 0 Å². The average Bonchev–Trinajstić information content (AvgIpc) is 2.21. The lowest BCUT2D eigenvalue weighted by Crippen LogP contribution is -2.20. The lowest BCUT2D eigenvalue weighted by molar-refractivity contribution is 0.231. The molecular formula is C11H15NO2S. The largest absolute Gasteiger partial charge is 0.494 e. The van der Waals surface area contributed by atoms with Crippen molar-refractivity contribution >= 4 is 17.9 Å². The maximum atomic E-state index is 11.0. The second kappa shape index (κ2) is 5.66. The van der Waals surface area contributed by atoms with Crippen molar-refractivity contribution in [2.24, 2.45) is 0 Å². The van der Waals surface area contributed by atoms with Gasteiger partial charge in [-0.2, -0.15) is 0 Å². The predicted octanol–water partition coefficient (Wildman–Crippen LogP) is 2.57. The third kappa shape index (κ3) is 3.47. The second-order valence-corrected chi connectivity index (χ2v) is 3.56. The number of nitrogens with zero attached hydrogens (tertiary/aromatic N) is 1. The Morgan fingerprint density at radius 2 is 2.13 bits per heavy atom. The van der Waals surface area contributed by atoms with Crippen LogP contribution in [0.3, 0.4) is 0 Å². The minimum absolute atomic E-state index is 0.249. The number of para-hydroxylation sites is 1. The van der Waals surface area contributed by atoms with E-state index in [2.05, 4.69) is 12.6 Å². The topological polar surface area (TPSA) is 29.5 Å². The molecule has 0 atom stereocenters. The molecular weight excluding hydrogens is 210 g/mol. The summed E-state index contributed by atoms with van der Waals surface area (Å²) in [7, 11) is 1.71. The van der Waals surface area contributed by atoms with Crippen LogP contribution in [0.5, 0.6) is 5.75 Å². The first-order valence-corrected chi connectivity index (χ1v) is 5.24. The lowest BCUT2D eigenvalue weighted by Gasteiger charge is -2.16. The van der Waals surface area contributed by atoms with Gasteiger partial charge in [-0.05, 0) is 13.0 Å². The molecule has 0 radical (unpaired) electrons. The molecule has 1 amide bonds. The van der Waals surface area contributed by atoms with E-state index in [-0.39, 0.29) is 5.24 Å². The molecule has 0 aromatic heterocycles. The minimum atomic E-state index is -0.249. The van der Waals surface area contributed by atoms with E-state index in [1.54, 1.807) is 7.05 Å². The summed E-state index contributed by atoms with van der Waals surface area (Å²) in [5, 5.41) is -0.249. The SMILES string of the molecule is CCOc1ccccc1CN(C)C(=O)S. The van der Waals surface area contributed by atoms with Crippen molar-refractivity contribution in [1.82, 2.24) is 4.90 Å². The molecule has 0 unspecified atom stereocenters. The summed E-state index contributed by atoms with van der Waals surface area (Å²) in [4.78, 5) is 12.5. The molecule has 4 heteroatoms. The Labute approximate surface area is 95.4 Å². The predicted molar refractivity (Wildman–Crippen MR) is 63.5 cm³/mol. The van der Waals surface area contributed by atoms with Gasteiger partial charge in [0, 0.05) is 19.2 Å². The number of ether oxygens (including phenoxy) is 1. The van der Waals surface area contributed by atoms with E-state index >= 15 is 0 Å². The van der Waals surface area contributed by atoms with E-state index in [0.717, 1.165) is 11.3 Å². The van der Waals surface area contributed by atoms with Crippen molar-refractivity contribution in [3.05, 3.63) is 29.8 Å². The van der Waals surface area contributed by atoms with Gasteiger partial charge in [-0.3, -0.25) is 4.79 Å². The van der Waals surface area contributed by atoms with Gasteiger partial charge in [0.2, 0.25) is 0 Å². The normalized spacial score (nSPS) is 9.80. The van der Waals surface area contributed by atoms with Crippen LogP contribution in [0.15, 0.2) is 24.3 Å². The van der Waals surface area contributed by atoms with Gasteiger partial charge in [0.1, 0.15) is 5.75 Å². The second-order valence-electron chi connectivity index (χ2n) is 3.18. The maximum absolute atomic E-state index is 11.0. The molecule has 3 nitrogen and oxygen atoms in total. The molecule has 1 aromatic rings. The highest BCUT2D eigenvalue weighted by Crippen LogP contribution is 2.19. The van der Waals surface area contributed by atoms with Crippen molar-refractivity contribution in [3.8, 4) is 5.75 Å². The summed E-state index contributed by atoms with van der Waals surface area (Å²) in [5.41, 5.74) is 0.990. The van der Waals surface area contributed by atoms with Crippen LogP contribution in [0.4, 0.5) is 4.79 Å². The van der Waals surface area contributed by atoms with Crippen LogP contribution in [0.2, 0.25) is 0 Å². The molecule has 0 saturated carbocycles. The molecule has 0 heterocycles. The molecule has 0 bridgehead atoms. The van der Waals surface area contributed by atoms with Crippen molar-refractivity contribution in [2.75, 3.05) is 13.7 Å². The highest BCUT2D eigenvalue weighted by atomic mass is 32.1. The van der Waals surface area contributed by atoms with Crippen molar-refractivity contribution in [2.45, 2.75) is 13.5 Å². The fraction of sp³-hybridized carbons (Fsp3) is 0.364. The van der Waals surface area contributed by atoms with Gasteiger partial charge in [0.05, 0.1) is 6.61 Å². The van der Waals surface area contributed by atoms with E-state index in [0.29, 0.717) is 13.2 Å². The monoisotopic (exact) mass is 225 g/mol. The molecule has 0 fully saturated rings. The summed E-state index contributed by atoms with van der Waals surface area (Å²) < 4.78 is 5.45. The number of hydrogen-bond donors (Lipinski definition) is 1. The standard InChI is InChI=1S/C11H15NO2S/c1-3-14-10-7-5-4-6-9(10)8-12(2)11(13)15/h4-7H,3,8H2,1-2H3,(H,13,15). The first kappa shape index (κ1) is 11.9. The number of hydrogen-bond acceptors (Lipinski definition) is 2. The summed E-state index contributed by atoms with van der Waals surface area (Å²) in [6.07, 6.45) is 0. The van der Waals surface area contributed by atoms with Crippen molar-refractivity contribution < 1.29 is 9.53 Å². The number of thiol groups is 1. The van der Waals surface area contributed by atoms with E-state index in [9.17, 15) is 4.79 Å². The third-order valence-corrected chi connectivity index (χ3v) is 2.35. The van der Waals surface area contributed by atoms with Crippen LogP contribution in [0, 0.1) is 0 Å². The summed E-state index contributed by atoms with van der Waals surface area (Å²) >= 11 is 3.76. The Hall–Kier alpha value is -1.16. The fourth-order valence-corrected chi connectivity index (χ4v) is 1.32. The van der Waals surface area contributed by atoms with E-state index in [4.69, 9.17) is 4.74 Å². The Bertz CT molecular complexity index is 341. The Kier molecular flexibility index (Phi) is 4.49. The van der Waals surface area contributed by atoms with Gasteiger partial charge in [-0.25, -0.2) is 0 Å². The van der Waals surface area contributed by atoms with Gasteiger partial charge >= 0.3 is 0 Å². The van der Waals surface area contributed by atoms with Crippen LogP contribution in [0.25, 0.3) is 0 Å². The summed E-state index contributed by atoms with van der Waals surface area (Å²) in [6, 6.07) is 7.68. The van der Waals surface area contributed by atoms with E-state index in [1.165, 1.54) is 4.90 Å². The van der Waals surface area contributed by atoms with Crippen LogP contribution >= 0.6 is 12.6 Å². The first-order valence-electron chi connectivity index (χ1n) is 4.80. The molecule has 15 heavy (non-hydrogen) atoms. The molecule has 0 spiro atoms. The zero-order chi connectivity index (χ0) is 11.3. The summed E-state index contributed by atoms with van der Waals surface area (Å²) in [5.74, 6) is 0.821. The van der Waals surface area contributed by atoms with Crippen LogP contribution in [-0.4, -0.2) is 23.8 Å². The van der Waals surface area contributed by atoms with E-state index in [1.807, 2.05) is 31.2 Å². The number of benzene rings is 1. The molecule has 1 aromatic carbocycles. The molecule has 0 N–H and O–H groups in total.